The van der Waals surface area contributed by atoms with E-state index in [1.54, 1.807) is 37.3 Å². The molecule has 1 N–H and O–H groups in total. The van der Waals surface area contributed by atoms with Gasteiger partial charge >= 0.3 is 0 Å². The highest BCUT2D eigenvalue weighted by molar-refractivity contribution is 7.92. The van der Waals surface area contributed by atoms with Crippen molar-refractivity contribution in [2.45, 2.75) is 59.2 Å². The fraction of sp³-hybridized carbons (Fsp3) is 0.440. The van der Waals surface area contributed by atoms with Crippen molar-refractivity contribution in [3.63, 3.8) is 0 Å². The summed E-state index contributed by atoms with van der Waals surface area (Å²) in [5, 5.41) is 3.57. The van der Waals surface area contributed by atoms with Gasteiger partial charge in [-0.3, -0.25) is 13.9 Å². The zero-order chi connectivity index (χ0) is 26.6. The number of carbonyl (C=O) groups is 2. The van der Waals surface area contributed by atoms with Crippen LogP contribution in [-0.2, 0) is 32.6 Å². The van der Waals surface area contributed by atoms with Gasteiger partial charge in [0.25, 0.3) is 0 Å². The average Bonchev–Trinajstić information content (AvgIpc) is 2.75. The number of anilines is 1. The Labute approximate surface area is 218 Å². The number of rotatable bonds is 9. The minimum Gasteiger partial charge on any atom is -0.350 e. The van der Waals surface area contributed by atoms with Gasteiger partial charge in [0.1, 0.15) is 12.6 Å². The van der Waals surface area contributed by atoms with Crippen molar-refractivity contribution in [3.8, 4) is 0 Å². The van der Waals surface area contributed by atoms with Crippen LogP contribution in [0.1, 0.15) is 45.7 Å². The molecule has 7 nitrogen and oxygen atoms in total. The summed E-state index contributed by atoms with van der Waals surface area (Å²) in [5.74, 6) is -0.880. The van der Waals surface area contributed by atoms with Crippen molar-refractivity contribution in [3.05, 3.63) is 63.6 Å². The lowest BCUT2D eigenvalue weighted by molar-refractivity contribution is -0.140. The molecule has 2 aromatic rings. The predicted octanol–water partition coefficient (Wildman–Crippen LogP) is 4.65. The van der Waals surface area contributed by atoms with Crippen molar-refractivity contribution >= 4 is 50.7 Å². The molecule has 0 saturated heterocycles. The lowest BCUT2D eigenvalue weighted by atomic mass is 10.1. The summed E-state index contributed by atoms with van der Waals surface area (Å²) in [6.07, 6.45) is 1.65. The Hall–Kier alpha value is -2.29. The molecule has 2 aromatic carbocycles. The minimum absolute atomic E-state index is 0.0431. The number of halogens is 2. The van der Waals surface area contributed by atoms with E-state index < -0.39 is 34.1 Å². The van der Waals surface area contributed by atoms with E-state index in [0.717, 1.165) is 16.1 Å². The van der Waals surface area contributed by atoms with Crippen LogP contribution in [0.15, 0.2) is 42.5 Å². The maximum atomic E-state index is 13.6. The highest BCUT2D eigenvalue weighted by Crippen LogP contribution is 2.26. The Bertz CT molecular complexity index is 1180. The predicted molar refractivity (Wildman–Crippen MR) is 142 cm³/mol. The van der Waals surface area contributed by atoms with Gasteiger partial charge in [0, 0.05) is 12.1 Å². The Morgan fingerprint density at radius 1 is 1.06 bits per heavy atom. The molecule has 0 aliphatic rings. The Balaban J connectivity index is 2.47. The van der Waals surface area contributed by atoms with Crippen molar-refractivity contribution in [2.24, 2.45) is 0 Å². The minimum atomic E-state index is -3.79. The highest BCUT2D eigenvalue weighted by Gasteiger charge is 2.32. The van der Waals surface area contributed by atoms with Crippen LogP contribution >= 0.6 is 23.2 Å². The second-order valence-electron chi connectivity index (χ2n) is 9.44. The quantitative estimate of drug-likeness (QED) is 0.500. The van der Waals surface area contributed by atoms with Crippen LogP contribution in [0.25, 0.3) is 0 Å². The zero-order valence-corrected chi connectivity index (χ0v) is 23.3. The van der Waals surface area contributed by atoms with E-state index in [1.165, 1.54) is 4.90 Å². The number of aryl methyl sites for hydroxylation is 1. The van der Waals surface area contributed by atoms with Crippen LogP contribution in [0.3, 0.4) is 0 Å². The number of nitrogens with zero attached hydrogens (tertiary/aromatic N) is 2. The lowest BCUT2D eigenvalue weighted by Crippen LogP contribution is -2.54. The summed E-state index contributed by atoms with van der Waals surface area (Å²) in [5.41, 5.74) is 1.37. The molecule has 35 heavy (non-hydrogen) atoms. The summed E-state index contributed by atoms with van der Waals surface area (Å²) < 4.78 is 26.6. The molecule has 0 aliphatic heterocycles. The number of nitrogens with one attached hydrogen (secondary N) is 1. The maximum Gasteiger partial charge on any atom is 0.244 e. The monoisotopic (exact) mass is 541 g/mol. The normalized spacial score (nSPS) is 12.7. The summed E-state index contributed by atoms with van der Waals surface area (Å²) in [7, 11) is -3.79. The SMILES string of the molecule is CCc1ccccc1N(CC(=O)N(Cc1ccc(Cl)c(Cl)c1)[C@H](C)C(=O)NC(C)(C)C)S(C)(=O)=O. The number of carbonyl (C=O) groups excluding carboxylic acids is 2. The molecule has 0 aliphatic carbocycles. The largest absolute Gasteiger partial charge is 0.350 e. The van der Waals surface area contributed by atoms with Crippen LogP contribution in [0.5, 0.6) is 0 Å². The van der Waals surface area contributed by atoms with Crippen LogP contribution in [0.4, 0.5) is 5.69 Å². The molecule has 0 radical (unpaired) electrons. The number of para-hydroxylation sites is 1. The summed E-state index contributed by atoms with van der Waals surface area (Å²) in [6, 6.07) is 11.1. The van der Waals surface area contributed by atoms with E-state index in [0.29, 0.717) is 27.7 Å². The van der Waals surface area contributed by atoms with Gasteiger partial charge in [-0.25, -0.2) is 8.42 Å². The Morgan fingerprint density at radius 2 is 1.69 bits per heavy atom. The van der Waals surface area contributed by atoms with Gasteiger partial charge in [-0.15, -0.1) is 0 Å². The topological polar surface area (TPSA) is 86.8 Å². The first-order chi connectivity index (χ1) is 16.1. The smallest absolute Gasteiger partial charge is 0.244 e. The van der Waals surface area contributed by atoms with E-state index in [1.807, 2.05) is 39.8 Å². The molecule has 0 heterocycles. The summed E-state index contributed by atoms with van der Waals surface area (Å²) in [4.78, 5) is 28.0. The molecule has 2 rings (SSSR count). The third-order valence-corrected chi connectivity index (χ3v) is 7.19. The first-order valence-electron chi connectivity index (χ1n) is 11.2. The second-order valence-corrected chi connectivity index (χ2v) is 12.2. The van der Waals surface area contributed by atoms with Gasteiger partial charge in [-0.05, 0) is 63.4 Å². The molecule has 0 spiro atoms. The van der Waals surface area contributed by atoms with Gasteiger partial charge in [0.2, 0.25) is 21.8 Å². The van der Waals surface area contributed by atoms with Crippen LogP contribution < -0.4 is 9.62 Å². The van der Waals surface area contributed by atoms with E-state index in [-0.39, 0.29) is 12.5 Å². The van der Waals surface area contributed by atoms with E-state index >= 15 is 0 Å². The lowest BCUT2D eigenvalue weighted by Gasteiger charge is -2.33. The van der Waals surface area contributed by atoms with Gasteiger partial charge in [-0.1, -0.05) is 54.4 Å². The van der Waals surface area contributed by atoms with Crippen LogP contribution in [0.2, 0.25) is 10.0 Å². The van der Waals surface area contributed by atoms with Gasteiger partial charge < -0.3 is 10.2 Å². The number of hydrogen-bond acceptors (Lipinski definition) is 4. The molecule has 0 saturated carbocycles. The third kappa shape index (κ3) is 8.12. The van der Waals surface area contributed by atoms with Crippen molar-refractivity contribution in [2.75, 3.05) is 17.1 Å². The molecule has 0 unspecified atom stereocenters. The number of amides is 2. The zero-order valence-electron chi connectivity index (χ0n) is 20.9. The van der Waals surface area contributed by atoms with E-state index in [9.17, 15) is 18.0 Å². The van der Waals surface area contributed by atoms with Gasteiger partial charge in [0.05, 0.1) is 22.0 Å². The summed E-state index contributed by atoms with van der Waals surface area (Å²) >= 11 is 12.2. The van der Waals surface area contributed by atoms with E-state index in [2.05, 4.69) is 5.32 Å². The van der Waals surface area contributed by atoms with Crippen molar-refractivity contribution in [1.29, 1.82) is 0 Å². The molecule has 192 valence electrons. The fourth-order valence-corrected chi connectivity index (χ4v) is 4.74. The molecule has 2 amide bonds. The number of benzene rings is 2. The standard InChI is InChI=1S/C25H33Cl2N3O4S/c1-7-19-10-8-9-11-22(19)30(35(6,33)34)16-23(31)29(17(2)24(32)28-25(3,4)5)15-18-12-13-20(26)21(27)14-18/h8-14,17H,7,15-16H2,1-6H3,(H,28,32)/t17-/m1/s1. The second kappa shape index (κ2) is 11.6. The molecule has 0 bridgehead atoms. The van der Waals surface area contributed by atoms with Gasteiger partial charge in [0.15, 0.2) is 0 Å². The molecule has 10 heteroatoms. The molecular formula is C25H33Cl2N3O4S. The first kappa shape index (κ1) is 28.9. The highest BCUT2D eigenvalue weighted by atomic mass is 35.5. The van der Waals surface area contributed by atoms with Crippen LogP contribution in [-0.4, -0.2) is 49.5 Å². The van der Waals surface area contributed by atoms with Crippen molar-refractivity contribution in [1.82, 2.24) is 10.2 Å². The fourth-order valence-electron chi connectivity index (χ4n) is 3.54. The molecule has 1 atom stereocenters. The average molecular weight is 543 g/mol. The van der Waals surface area contributed by atoms with E-state index in [4.69, 9.17) is 23.2 Å². The van der Waals surface area contributed by atoms with Crippen molar-refractivity contribution < 1.29 is 18.0 Å². The third-order valence-electron chi connectivity index (χ3n) is 5.32. The molecule has 0 fully saturated rings. The first-order valence-corrected chi connectivity index (χ1v) is 13.9. The number of hydrogen-bond donors (Lipinski definition) is 1. The van der Waals surface area contributed by atoms with Crippen LogP contribution in [0, 0.1) is 0 Å². The molecular weight excluding hydrogens is 509 g/mol. The Kier molecular flexibility index (Phi) is 9.62. The summed E-state index contributed by atoms with van der Waals surface area (Å²) in [6.45, 7) is 8.64. The molecule has 0 aromatic heterocycles. The Morgan fingerprint density at radius 3 is 2.23 bits per heavy atom. The van der Waals surface area contributed by atoms with Gasteiger partial charge in [-0.2, -0.15) is 0 Å². The maximum absolute atomic E-state index is 13.6. The number of sulfonamides is 1.